The summed E-state index contributed by atoms with van der Waals surface area (Å²) in [6.45, 7) is 3.89. The molecular formula is C15H13N3O2. The first-order chi connectivity index (χ1) is 9.56. The van der Waals surface area contributed by atoms with Crippen LogP contribution in [0.2, 0.25) is 0 Å². The van der Waals surface area contributed by atoms with Crippen LogP contribution in [0.15, 0.2) is 36.4 Å². The third kappa shape index (κ3) is 1.93. The normalized spacial score (nSPS) is 10.9. The molecule has 0 unspecified atom stereocenters. The maximum atomic E-state index is 11.1. The first kappa shape index (κ1) is 12.3. The summed E-state index contributed by atoms with van der Waals surface area (Å²) in [6, 6.07) is 11.1. The van der Waals surface area contributed by atoms with Crippen LogP contribution in [0.4, 0.5) is 0 Å². The number of carboxylic acid groups (broad SMARTS) is 1. The Balaban J connectivity index is 2.27. The Morgan fingerprint density at radius 3 is 2.45 bits per heavy atom. The Kier molecular flexibility index (Phi) is 2.75. The van der Waals surface area contributed by atoms with Crippen LogP contribution in [0.25, 0.3) is 16.7 Å². The van der Waals surface area contributed by atoms with E-state index in [4.69, 9.17) is 5.11 Å². The molecule has 2 heterocycles. The van der Waals surface area contributed by atoms with Crippen molar-refractivity contribution in [3.05, 3.63) is 53.3 Å². The quantitative estimate of drug-likeness (QED) is 0.775. The summed E-state index contributed by atoms with van der Waals surface area (Å²) in [5.41, 5.74) is 3.42. The van der Waals surface area contributed by atoms with Crippen molar-refractivity contribution in [3.63, 3.8) is 0 Å². The maximum Gasteiger partial charge on any atom is 0.354 e. The molecule has 20 heavy (non-hydrogen) atoms. The first-order valence-electron chi connectivity index (χ1n) is 6.23. The molecule has 1 N–H and O–H groups in total. The third-order valence-electron chi connectivity index (χ3n) is 3.21. The van der Waals surface area contributed by atoms with Crippen molar-refractivity contribution in [3.8, 4) is 5.69 Å². The van der Waals surface area contributed by atoms with Gasteiger partial charge in [0.1, 0.15) is 0 Å². The summed E-state index contributed by atoms with van der Waals surface area (Å²) >= 11 is 0. The molecule has 0 spiro atoms. The first-order valence-corrected chi connectivity index (χ1v) is 6.23. The van der Waals surface area contributed by atoms with E-state index in [-0.39, 0.29) is 5.69 Å². The van der Waals surface area contributed by atoms with Crippen molar-refractivity contribution in [1.82, 2.24) is 14.8 Å². The number of hydrogen-bond donors (Lipinski definition) is 1. The molecule has 5 nitrogen and oxygen atoms in total. The van der Waals surface area contributed by atoms with Crippen molar-refractivity contribution in [2.75, 3.05) is 0 Å². The molecule has 0 aliphatic rings. The summed E-state index contributed by atoms with van der Waals surface area (Å²) in [4.78, 5) is 15.2. The van der Waals surface area contributed by atoms with Crippen LogP contribution in [-0.4, -0.2) is 25.8 Å². The van der Waals surface area contributed by atoms with E-state index in [1.54, 1.807) is 10.7 Å². The van der Waals surface area contributed by atoms with Gasteiger partial charge in [0.05, 0.1) is 11.4 Å². The number of aryl methyl sites for hydroxylation is 2. The Morgan fingerprint density at radius 1 is 1.10 bits per heavy atom. The lowest BCUT2D eigenvalue weighted by molar-refractivity contribution is 0.0691. The number of rotatable bonds is 2. The molecule has 0 fully saturated rings. The minimum absolute atomic E-state index is 0.0192. The minimum atomic E-state index is -1.04. The topological polar surface area (TPSA) is 68.0 Å². The second-order valence-corrected chi connectivity index (χ2v) is 4.71. The third-order valence-corrected chi connectivity index (χ3v) is 3.21. The van der Waals surface area contributed by atoms with Crippen LogP contribution >= 0.6 is 0 Å². The molecule has 5 heteroatoms. The van der Waals surface area contributed by atoms with E-state index in [9.17, 15) is 4.79 Å². The number of nitrogens with zero attached hydrogens (tertiary/aromatic N) is 3. The van der Waals surface area contributed by atoms with Crippen molar-refractivity contribution in [2.24, 2.45) is 0 Å². The highest BCUT2D eigenvalue weighted by molar-refractivity contribution is 5.89. The smallest absolute Gasteiger partial charge is 0.354 e. The van der Waals surface area contributed by atoms with E-state index >= 15 is 0 Å². The van der Waals surface area contributed by atoms with Gasteiger partial charge in [-0.25, -0.2) is 14.5 Å². The number of fused-ring (bicyclic) bond motifs is 1. The number of pyridine rings is 1. The van der Waals surface area contributed by atoms with Gasteiger partial charge in [-0.1, -0.05) is 17.7 Å². The highest BCUT2D eigenvalue weighted by atomic mass is 16.4. The molecule has 0 bridgehead atoms. The van der Waals surface area contributed by atoms with Crippen LogP contribution in [0.5, 0.6) is 0 Å². The second-order valence-electron chi connectivity index (χ2n) is 4.71. The number of hydrogen-bond acceptors (Lipinski definition) is 3. The van der Waals surface area contributed by atoms with E-state index in [0.29, 0.717) is 5.65 Å². The van der Waals surface area contributed by atoms with Gasteiger partial charge in [-0.2, -0.15) is 5.10 Å². The van der Waals surface area contributed by atoms with Gasteiger partial charge in [-0.15, -0.1) is 0 Å². The van der Waals surface area contributed by atoms with Gasteiger partial charge in [0.2, 0.25) is 0 Å². The predicted molar refractivity (Wildman–Crippen MR) is 75.3 cm³/mol. The molecule has 0 atom stereocenters. The Labute approximate surface area is 115 Å². The number of benzene rings is 1. The monoisotopic (exact) mass is 267 g/mol. The van der Waals surface area contributed by atoms with Crippen molar-refractivity contribution < 1.29 is 9.90 Å². The minimum Gasteiger partial charge on any atom is -0.477 e. The van der Waals surface area contributed by atoms with Gasteiger partial charge >= 0.3 is 5.97 Å². The zero-order valence-electron chi connectivity index (χ0n) is 11.2. The number of carboxylic acids is 1. The summed E-state index contributed by atoms with van der Waals surface area (Å²) < 4.78 is 1.68. The van der Waals surface area contributed by atoms with E-state index in [2.05, 4.69) is 10.1 Å². The van der Waals surface area contributed by atoms with Crippen molar-refractivity contribution >= 4 is 17.0 Å². The van der Waals surface area contributed by atoms with Crippen molar-refractivity contribution in [1.29, 1.82) is 0 Å². The van der Waals surface area contributed by atoms with Gasteiger partial charge in [-0.3, -0.25) is 0 Å². The molecule has 0 saturated heterocycles. The van der Waals surface area contributed by atoms with E-state index in [1.165, 1.54) is 6.07 Å². The van der Waals surface area contributed by atoms with E-state index < -0.39 is 5.97 Å². The van der Waals surface area contributed by atoms with E-state index in [1.807, 2.05) is 38.1 Å². The standard InChI is InChI=1S/C15H13N3O2/c1-9-3-5-11(6-4-9)18-14-12(10(2)17-18)7-8-13(16-14)15(19)20/h3-8H,1-2H3,(H,19,20). The van der Waals surface area contributed by atoms with Gasteiger partial charge in [0.15, 0.2) is 11.3 Å². The molecule has 0 saturated carbocycles. The average molecular weight is 267 g/mol. The SMILES string of the molecule is Cc1ccc(-n2nc(C)c3ccc(C(=O)O)nc32)cc1. The molecule has 2 aromatic heterocycles. The molecular weight excluding hydrogens is 254 g/mol. The predicted octanol–water partition coefficient (Wildman–Crippen LogP) is 2.74. The lowest BCUT2D eigenvalue weighted by atomic mass is 10.2. The molecule has 0 amide bonds. The van der Waals surface area contributed by atoms with Crippen LogP contribution in [0, 0.1) is 13.8 Å². The fourth-order valence-corrected chi connectivity index (χ4v) is 2.13. The highest BCUT2D eigenvalue weighted by Gasteiger charge is 2.13. The zero-order valence-corrected chi connectivity index (χ0v) is 11.2. The van der Waals surface area contributed by atoms with Crippen molar-refractivity contribution in [2.45, 2.75) is 13.8 Å². The average Bonchev–Trinajstić information content (AvgIpc) is 2.76. The van der Waals surface area contributed by atoms with Crippen LogP contribution in [0.3, 0.4) is 0 Å². The molecule has 3 rings (SSSR count). The number of aromatic carboxylic acids is 1. The second kappa shape index (κ2) is 4.45. The number of carbonyl (C=O) groups is 1. The summed E-state index contributed by atoms with van der Waals surface area (Å²) in [5.74, 6) is -1.04. The summed E-state index contributed by atoms with van der Waals surface area (Å²) in [6.07, 6.45) is 0. The van der Waals surface area contributed by atoms with Crippen LogP contribution < -0.4 is 0 Å². The zero-order chi connectivity index (χ0) is 14.3. The molecule has 0 aliphatic carbocycles. The molecule has 1 aromatic carbocycles. The van der Waals surface area contributed by atoms with Crippen LogP contribution in [-0.2, 0) is 0 Å². The number of aromatic nitrogens is 3. The maximum absolute atomic E-state index is 11.1. The van der Waals surface area contributed by atoms with Crippen LogP contribution in [0.1, 0.15) is 21.7 Å². The summed E-state index contributed by atoms with van der Waals surface area (Å²) in [5, 5.41) is 14.4. The van der Waals surface area contributed by atoms with Gasteiger partial charge < -0.3 is 5.11 Å². The fourth-order valence-electron chi connectivity index (χ4n) is 2.13. The lowest BCUT2D eigenvalue weighted by Crippen LogP contribution is -2.03. The molecule has 0 radical (unpaired) electrons. The fraction of sp³-hybridized carbons (Fsp3) is 0.133. The molecule has 100 valence electrons. The van der Waals surface area contributed by atoms with E-state index in [0.717, 1.165) is 22.3 Å². The van der Waals surface area contributed by atoms with Gasteiger partial charge in [0.25, 0.3) is 0 Å². The highest BCUT2D eigenvalue weighted by Crippen LogP contribution is 2.20. The Bertz CT molecular complexity index is 804. The lowest BCUT2D eigenvalue weighted by Gasteiger charge is -2.03. The summed E-state index contributed by atoms with van der Waals surface area (Å²) in [7, 11) is 0. The van der Waals surface area contributed by atoms with Gasteiger partial charge in [0, 0.05) is 5.39 Å². The molecule has 3 aromatic rings. The van der Waals surface area contributed by atoms with Gasteiger partial charge in [-0.05, 0) is 38.1 Å². The Hall–Kier alpha value is -2.69. The molecule has 0 aliphatic heterocycles. The Morgan fingerprint density at radius 2 is 1.80 bits per heavy atom. The largest absolute Gasteiger partial charge is 0.477 e.